The van der Waals surface area contributed by atoms with Crippen molar-refractivity contribution in [1.82, 2.24) is 0 Å². The van der Waals surface area contributed by atoms with Crippen LogP contribution in [-0.2, 0) is 24.2 Å². The molecule has 2 saturated carbocycles. The van der Waals surface area contributed by atoms with Gasteiger partial charge in [-0.05, 0) is 0 Å². The van der Waals surface area contributed by atoms with E-state index in [1.807, 2.05) is 0 Å². The molecule has 0 unspecified atom stereocenters. The summed E-state index contributed by atoms with van der Waals surface area (Å²) in [6, 6.07) is 19.0. The van der Waals surface area contributed by atoms with Crippen LogP contribution < -0.4 is 0 Å². The molecule has 2 aromatic carbocycles. The van der Waals surface area contributed by atoms with Crippen LogP contribution in [0.5, 0.6) is 0 Å². The van der Waals surface area contributed by atoms with E-state index < -0.39 is 0 Å². The Hall–Kier alpha value is -0.807. The van der Waals surface area contributed by atoms with Crippen molar-refractivity contribution in [3.05, 3.63) is 70.8 Å². The molecule has 0 N–H and O–H groups in total. The molecule has 0 aromatic heterocycles. The maximum absolute atomic E-state index is 2.39. The molecule has 0 spiro atoms. The third-order valence-electron chi connectivity index (χ3n) is 6.55. The first-order valence-corrected chi connectivity index (χ1v) is 11.8. The van der Waals surface area contributed by atoms with Gasteiger partial charge in [-0.15, -0.1) is 0 Å². The Balaban J connectivity index is 1.44. The van der Waals surface area contributed by atoms with Crippen LogP contribution in [0.4, 0.5) is 0 Å². The van der Waals surface area contributed by atoms with E-state index in [0.717, 1.165) is 11.8 Å². The minimum absolute atomic E-state index is 0.806. The summed E-state index contributed by atoms with van der Waals surface area (Å²) in [5.74, 6) is 1.61. The van der Waals surface area contributed by atoms with Crippen molar-refractivity contribution in [2.45, 2.75) is 76.0 Å². The summed E-state index contributed by atoms with van der Waals surface area (Å²) in [5.41, 5.74) is 5.94. The molecule has 132 valence electrons. The second-order valence-corrected chi connectivity index (χ2v) is 9.52. The van der Waals surface area contributed by atoms with Crippen molar-refractivity contribution in [2.75, 3.05) is 0 Å². The summed E-state index contributed by atoms with van der Waals surface area (Å²) in [7, 11) is 0. The van der Waals surface area contributed by atoms with Gasteiger partial charge in [0.1, 0.15) is 0 Å². The SMILES string of the molecule is [Zr+2]=[C](c1ccc(C2CCCCC2)cc1)c1ccc(C2CCCCC2)cc1. The fourth-order valence-corrected chi connectivity index (χ4v) is 5.70. The van der Waals surface area contributed by atoms with Gasteiger partial charge in [-0.25, -0.2) is 0 Å². The van der Waals surface area contributed by atoms with Gasteiger partial charge in [0.05, 0.1) is 0 Å². The summed E-state index contributed by atoms with van der Waals surface area (Å²) >= 11 is 1.51. The van der Waals surface area contributed by atoms with Crippen LogP contribution >= 0.6 is 0 Å². The number of hydrogen-bond donors (Lipinski definition) is 0. The Morgan fingerprint density at radius 3 is 1.23 bits per heavy atom. The monoisotopic (exact) mass is 420 g/mol. The molecule has 0 radical (unpaired) electrons. The van der Waals surface area contributed by atoms with Crippen molar-refractivity contribution in [2.24, 2.45) is 0 Å². The molecule has 2 fully saturated rings. The molecular formula is C25H30Zr+2. The molecule has 0 amide bonds. The Labute approximate surface area is 173 Å². The van der Waals surface area contributed by atoms with Crippen LogP contribution in [0.2, 0.25) is 0 Å². The fourth-order valence-electron chi connectivity index (χ4n) is 4.88. The van der Waals surface area contributed by atoms with E-state index in [0.29, 0.717) is 0 Å². The zero-order valence-corrected chi connectivity index (χ0v) is 18.3. The molecular weight excluding hydrogens is 391 g/mol. The standard InChI is InChI=1S/C25H30.Zr/c1-3-7-22(8-4-1)24-15-11-20(12-16-24)19-21-13-17-25(18-14-21)23-9-5-2-6-10-23;/h11-18,22-23H,1-10H2;/q;+2. The van der Waals surface area contributed by atoms with Gasteiger partial charge in [0.2, 0.25) is 0 Å². The summed E-state index contributed by atoms with van der Waals surface area (Å²) in [6.07, 6.45) is 14.1. The molecule has 4 rings (SSSR count). The normalized spacial score (nSPS) is 19.5. The van der Waals surface area contributed by atoms with E-state index >= 15 is 0 Å². The average molecular weight is 422 g/mol. The topological polar surface area (TPSA) is 0 Å². The molecule has 0 aliphatic heterocycles. The van der Waals surface area contributed by atoms with Crippen LogP contribution in [0.1, 0.15) is 98.3 Å². The van der Waals surface area contributed by atoms with Gasteiger partial charge >= 0.3 is 174 Å². The van der Waals surface area contributed by atoms with Crippen LogP contribution in [0, 0.1) is 0 Å². The van der Waals surface area contributed by atoms with Crippen LogP contribution in [0.15, 0.2) is 48.5 Å². The van der Waals surface area contributed by atoms with Crippen molar-refractivity contribution in [1.29, 1.82) is 0 Å². The summed E-state index contributed by atoms with van der Waals surface area (Å²) < 4.78 is 1.49. The van der Waals surface area contributed by atoms with Gasteiger partial charge in [-0.3, -0.25) is 0 Å². The second kappa shape index (κ2) is 8.92. The van der Waals surface area contributed by atoms with Crippen LogP contribution in [0.3, 0.4) is 0 Å². The van der Waals surface area contributed by atoms with E-state index in [1.165, 1.54) is 103 Å². The molecule has 2 aromatic rings. The van der Waals surface area contributed by atoms with E-state index in [-0.39, 0.29) is 0 Å². The van der Waals surface area contributed by atoms with Gasteiger partial charge in [-0.2, -0.15) is 0 Å². The summed E-state index contributed by atoms with van der Waals surface area (Å²) in [5, 5.41) is 0. The van der Waals surface area contributed by atoms with Gasteiger partial charge in [0.25, 0.3) is 0 Å². The van der Waals surface area contributed by atoms with Gasteiger partial charge in [0.15, 0.2) is 0 Å². The number of benzene rings is 2. The van der Waals surface area contributed by atoms with Gasteiger partial charge < -0.3 is 0 Å². The van der Waals surface area contributed by atoms with Crippen molar-refractivity contribution in [3.63, 3.8) is 0 Å². The van der Waals surface area contributed by atoms with Crippen LogP contribution in [-0.4, -0.2) is 3.21 Å². The van der Waals surface area contributed by atoms with E-state index in [1.54, 1.807) is 11.1 Å². The predicted octanol–water partition coefficient (Wildman–Crippen LogP) is 6.90. The van der Waals surface area contributed by atoms with Crippen molar-refractivity contribution in [3.8, 4) is 0 Å². The Morgan fingerprint density at radius 1 is 0.538 bits per heavy atom. The summed E-state index contributed by atoms with van der Waals surface area (Å²) in [6.45, 7) is 0. The molecule has 2 aliphatic rings. The first kappa shape index (κ1) is 18.6. The fraction of sp³-hybridized carbons (Fsp3) is 0.480. The van der Waals surface area contributed by atoms with Crippen LogP contribution in [0.25, 0.3) is 0 Å². The third-order valence-corrected chi connectivity index (χ3v) is 7.97. The molecule has 0 atom stereocenters. The molecule has 2 aliphatic carbocycles. The second-order valence-electron chi connectivity index (χ2n) is 8.29. The molecule has 1 heteroatoms. The van der Waals surface area contributed by atoms with Crippen molar-refractivity contribution >= 4 is 3.21 Å². The first-order valence-electron chi connectivity index (χ1n) is 10.6. The van der Waals surface area contributed by atoms with Crippen molar-refractivity contribution < 1.29 is 24.2 Å². The summed E-state index contributed by atoms with van der Waals surface area (Å²) in [4.78, 5) is 0. The van der Waals surface area contributed by atoms with E-state index in [4.69, 9.17) is 0 Å². The molecule has 0 bridgehead atoms. The van der Waals surface area contributed by atoms with E-state index in [2.05, 4.69) is 48.5 Å². The molecule has 0 saturated heterocycles. The minimum atomic E-state index is 0.806. The molecule has 0 nitrogen and oxygen atoms in total. The zero-order chi connectivity index (χ0) is 17.8. The van der Waals surface area contributed by atoms with Gasteiger partial charge in [-0.1, -0.05) is 0 Å². The maximum atomic E-state index is 2.39. The first-order chi connectivity index (χ1) is 12.8. The molecule has 0 heterocycles. The Bertz CT molecular complexity index is 650. The quantitative estimate of drug-likeness (QED) is 0.504. The third kappa shape index (κ3) is 4.36. The Kier molecular flexibility index (Phi) is 6.37. The van der Waals surface area contributed by atoms with E-state index in [9.17, 15) is 0 Å². The molecule has 26 heavy (non-hydrogen) atoms. The number of rotatable bonds is 4. The zero-order valence-electron chi connectivity index (χ0n) is 15.8. The predicted molar refractivity (Wildman–Crippen MR) is 108 cm³/mol. The number of hydrogen-bond acceptors (Lipinski definition) is 0. The Morgan fingerprint density at radius 2 is 0.885 bits per heavy atom. The van der Waals surface area contributed by atoms with Gasteiger partial charge in [0, 0.05) is 0 Å². The average Bonchev–Trinajstić information content (AvgIpc) is 2.75.